The van der Waals surface area contributed by atoms with Crippen molar-refractivity contribution in [1.29, 1.82) is 0 Å². The molecule has 1 spiro atoms. The van der Waals surface area contributed by atoms with E-state index < -0.39 is 0 Å². The van der Waals surface area contributed by atoms with Crippen molar-refractivity contribution in [3.8, 4) is 0 Å². The van der Waals surface area contributed by atoms with E-state index in [1.807, 2.05) is 30.1 Å². The fourth-order valence-corrected chi connectivity index (χ4v) is 5.70. The highest BCUT2D eigenvalue weighted by Gasteiger charge is 2.42. The van der Waals surface area contributed by atoms with Gasteiger partial charge in [-0.2, -0.15) is 0 Å². The van der Waals surface area contributed by atoms with E-state index in [0.717, 1.165) is 54.2 Å². The van der Waals surface area contributed by atoms with Crippen LogP contribution in [0.4, 0.5) is 0 Å². The number of thiophene rings is 1. The van der Waals surface area contributed by atoms with E-state index in [4.69, 9.17) is 11.6 Å². The molecule has 1 aromatic carbocycles. The molecule has 2 fully saturated rings. The highest BCUT2D eigenvalue weighted by molar-refractivity contribution is 7.19. The summed E-state index contributed by atoms with van der Waals surface area (Å²) in [7, 11) is 1.89. The van der Waals surface area contributed by atoms with Crippen molar-refractivity contribution >= 4 is 63.7 Å². The first kappa shape index (κ1) is 22.7. The topological polar surface area (TPSA) is 44.4 Å². The highest BCUT2D eigenvalue weighted by Crippen LogP contribution is 2.39. The zero-order valence-electron chi connectivity index (χ0n) is 15.3. The Morgan fingerprint density at radius 3 is 2.70 bits per heavy atom. The quantitative estimate of drug-likeness (QED) is 0.740. The summed E-state index contributed by atoms with van der Waals surface area (Å²) in [6.07, 6.45) is 3.28. The molecule has 3 heterocycles. The average molecular weight is 451 g/mol. The number of hydrogen-bond donors (Lipinski definition) is 2. The first-order valence-corrected chi connectivity index (χ1v) is 10.1. The number of carbonyl (C=O) groups excluding carboxylic acids is 1. The monoisotopic (exact) mass is 449 g/mol. The number of piperidine rings is 1. The van der Waals surface area contributed by atoms with Gasteiger partial charge in [0.25, 0.3) is 0 Å². The summed E-state index contributed by atoms with van der Waals surface area (Å²) in [5, 5.41) is 8.76. The number of amides is 1. The molecule has 2 saturated heterocycles. The van der Waals surface area contributed by atoms with Crippen molar-refractivity contribution in [3.63, 3.8) is 0 Å². The van der Waals surface area contributed by atoms with Crippen molar-refractivity contribution in [3.05, 3.63) is 34.2 Å². The molecular weight excluding hydrogens is 425 g/mol. The highest BCUT2D eigenvalue weighted by atomic mass is 35.5. The molecule has 0 saturated carbocycles. The second kappa shape index (κ2) is 9.29. The van der Waals surface area contributed by atoms with Crippen LogP contribution in [-0.2, 0) is 11.3 Å². The Morgan fingerprint density at radius 2 is 2.00 bits per heavy atom. The molecule has 2 aliphatic rings. The van der Waals surface area contributed by atoms with Crippen LogP contribution in [0.2, 0.25) is 5.02 Å². The van der Waals surface area contributed by atoms with Gasteiger partial charge in [-0.1, -0.05) is 29.8 Å². The smallest absolute Gasteiger partial charge is 0.239 e. The van der Waals surface area contributed by atoms with E-state index in [-0.39, 0.29) is 36.8 Å². The number of rotatable bonds is 3. The molecule has 2 N–H and O–H groups in total. The van der Waals surface area contributed by atoms with E-state index in [9.17, 15) is 4.79 Å². The van der Waals surface area contributed by atoms with Crippen molar-refractivity contribution in [2.45, 2.75) is 31.8 Å². The van der Waals surface area contributed by atoms with Crippen LogP contribution in [0.5, 0.6) is 0 Å². The van der Waals surface area contributed by atoms with Crippen LogP contribution in [0.1, 0.15) is 24.1 Å². The maximum absolute atomic E-state index is 12.9. The van der Waals surface area contributed by atoms with E-state index in [2.05, 4.69) is 16.7 Å². The largest absolute Gasteiger partial charge is 0.339 e. The van der Waals surface area contributed by atoms with Crippen LogP contribution in [0.15, 0.2) is 24.3 Å². The lowest BCUT2D eigenvalue weighted by atomic mass is 9.77. The summed E-state index contributed by atoms with van der Waals surface area (Å²) in [5.41, 5.74) is 0.307. The van der Waals surface area contributed by atoms with Gasteiger partial charge in [-0.25, -0.2) is 0 Å². The van der Waals surface area contributed by atoms with Crippen LogP contribution in [0, 0.1) is 5.41 Å². The molecule has 2 aromatic rings. The van der Waals surface area contributed by atoms with Crippen LogP contribution in [-0.4, -0.2) is 43.5 Å². The molecule has 27 heavy (non-hydrogen) atoms. The maximum atomic E-state index is 12.9. The first-order chi connectivity index (χ1) is 12.1. The Balaban J connectivity index is 0.00000131. The maximum Gasteiger partial charge on any atom is 0.239 e. The molecular formula is C19H26Cl3N3OS. The van der Waals surface area contributed by atoms with Gasteiger partial charge in [0.05, 0.1) is 17.6 Å². The zero-order valence-corrected chi connectivity index (χ0v) is 18.5. The van der Waals surface area contributed by atoms with Gasteiger partial charge in [0, 0.05) is 28.6 Å². The summed E-state index contributed by atoms with van der Waals surface area (Å²) in [6.45, 7) is 3.66. The summed E-state index contributed by atoms with van der Waals surface area (Å²) in [6, 6.07) is 8.08. The third-order valence-electron chi connectivity index (χ3n) is 5.68. The Kier molecular flexibility index (Phi) is 7.82. The second-order valence-corrected chi connectivity index (χ2v) is 8.93. The number of carbonyl (C=O) groups is 1. The minimum absolute atomic E-state index is 0. The van der Waals surface area contributed by atoms with E-state index >= 15 is 0 Å². The molecule has 4 nitrogen and oxygen atoms in total. The van der Waals surface area contributed by atoms with Crippen molar-refractivity contribution in [1.82, 2.24) is 15.5 Å². The van der Waals surface area contributed by atoms with Gasteiger partial charge in [0.1, 0.15) is 0 Å². The fourth-order valence-electron chi connectivity index (χ4n) is 4.16. The van der Waals surface area contributed by atoms with Crippen LogP contribution >= 0.6 is 47.8 Å². The molecule has 150 valence electrons. The number of nitrogens with one attached hydrogen (secondary N) is 2. The minimum atomic E-state index is -0.0590. The summed E-state index contributed by atoms with van der Waals surface area (Å²) >= 11 is 8.21. The third-order valence-corrected chi connectivity index (χ3v) is 7.38. The zero-order chi connectivity index (χ0) is 17.4. The van der Waals surface area contributed by atoms with Crippen LogP contribution in [0.25, 0.3) is 10.1 Å². The number of halogens is 3. The Hall–Kier alpha value is -0.560. The average Bonchev–Trinajstić information content (AvgIpc) is 3.17. The van der Waals surface area contributed by atoms with Gasteiger partial charge in [0.15, 0.2) is 0 Å². The lowest BCUT2D eigenvalue weighted by Crippen LogP contribution is -2.41. The summed E-state index contributed by atoms with van der Waals surface area (Å²) in [5.74, 6) is 0.184. The second-order valence-electron chi connectivity index (χ2n) is 7.42. The molecule has 1 atom stereocenters. The van der Waals surface area contributed by atoms with Crippen LogP contribution < -0.4 is 10.6 Å². The number of nitrogens with zero attached hydrogens (tertiary/aromatic N) is 1. The van der Waals surface area contributed by atoms with Gasteiger partial charge in [-0.3, -0.25) is 4.79 Å². The lowest BCUT2D eigenvalue weighted by Gasteiger charge is -2.33. The lowest BCUT2D eigenvalue weighted by molar-refractivity contribution is -0.132. The summed E-state index contributed by atoms with van der Waals surface area (Å²) < 4.78 is 1.18. The predicted molar refractivity (Wildman–Crippen MR) is 119 cm³/mol. The molecule has 0 bridgehead atoms. The third kappa shape index (κ3) is 4.55. The van der Waals surface area contributed by atoms with E-state index in [1.165, 1.54) is 4.70 Å². The van der Waals surface area contributed by atoms with Crippen LogP contribution in [0.3, 0.4) is 0 Å². The predicted octanol–water partition coefficient (Wildman–Crippen LogP) is 4.09. The normalized spacial score (nSPS) is 20.9. The van der Waals surface area contributed by atoms with Crippen molar-refractivity contribution in [2.24, 2.45) is 5.41 Å². The molecule has 8 heteroatoms. The SMILES string of the molecule is CN(Cc1sc2ccccc2c1Cl)C(=O)C1CC2(CCNCC2)CN1.Cl.Cl. The Labute approximate surface area is 181 Å². The molecule has 1 amide bonds. The number of fused-ring (bicyclic) bond motifs is 1. The van der Waals surface area contributed by atoms with E-state index in [1.54, 1.807) is 11.3 Å². The molecule has 1 unspecified atom stereocenters. The minimum Gasteiger partial charge on any atom is -0.339 e. The molecule has 0 aliphatic carbocycles. The number of hydrogen-bond acceptors (Lipinski definition) is 4. The Morgan fingerprint density at radius 1 is 1.30 bits per heavy atom. The molecule has 1 aromatic heterocycles. The van der Waals surface area contributed by atoms with Gasteiger partial charge >= 0.3 is 0 Å². The molecule has 2 aliphatic heterocycles. The number of benzene rings is 1. The fraction of sp³-hybridized carbons (Fsp3) is 0.526. The Bertz CT molecular complexity index is 792. The van der Waals surface area contributed by atoms with Gasteiger partial charge in [0.2, 0.25) is 5.91 Å². The standard InChI is InChI=1S/C19H24ClN3OS.2ClH/c1-23(11-16-17(20)13-4-2-3-5-15(13)25-16)18(24)14-10-19(12-22-14)6-8-21-9-7-19;;/h2-5,14,21-22H,6-12H2,1H3;2*1H. The van der Waals surface area contributed by atoms with Crippen molar-refractivity contribution < 1.29 is 4.79 Å². The van der Waals surface area contributed by atoms with E-state index in [0.29, 0.717) is 12.0 Å². The molecule has 0 radical (unpaired) electrons. The van der Waals surface area contributed by atoms with Crippen molar-refractivity contribution in [2.75, 3.05) is 26.7 Å². The summed E-state index contributed by atoms with van der Waals surface area (Å²) in [4.78, 5) is 15.8. The number of likely N-dealkylation sites (N-methyl/N-ethyl adjacent to an activating group) is 1. The van der Waals surface area contributed by atoms with Gasteiger partial charge < -0.3 is 15.5 Å². The molecule has 4 rings (SSSR count). The van der Waals surface area contributed by atoms with Gasteiger partial charge in [-0.05, 0) is 43.8 Å². The first-order valence-electron chi connectivity index (χ1n) is 8.93. The van der Waals surface area contributed by atoms with Gasteiger partial charge in [-0.15, -0.1) is 36.2 Å².